The Morgan fingerprint density at radius 2 is 1.85 bits per heavy atom. The van der Waals surface area contributed by atoms with Gasteiger partial charge in [0.25, 0.3) is 0 Å². The molecule has 0 unspecified atom stereocenters. The molecule has 0 saturated carbocycles. The van der Waals surface area contributed by atoms with Crippen molar-refractivity contribution >= 4 is 23.5 Å². The molecule has 5 rings (SSSR count). The van der Waals surface area contributed by atoms with E-state index in [0.717, 1.165) is 0 Å². The normalized spacial score (nSPS) is 20.8. The fourth-order valence-corrected chi connectivity index (χ4v) is 4.39. The third-order valence-electron chi connectivity index (χ3n) is 5.89. The number of hydrogen-bond acceptors (Lipinski definition) is 8. The molecule has 10 heteroatoms. The minimum atomic E-state index is -1.03. The second-order valence-corrected chi connectivity index (χ2v) is 7.73. The highest BCUT2D eigenvalue weighted by Crippen LogP contribution is 2.45. The van der Waals surface area contributed by atoms with Crippen LogP contribution in [-0.4, -0.2) is 56.2 Å². The lowest BCUT2D eigenvalue weighted by atomic mass is 10.1. The molecule has 172 valence electrons. The molecular formula is C23H22N2O8. The van der Waals surface area contributed by atoms with E-state index in [1.807, 2.05) is 0 Å². The molecule has 0 radical (unpaired) electrons. The molecular weight excluding hydrogens is 432 g/mol. The number of methoxy groups -OCH3 is 2. The second-order valence-electron chi connectivity index (χ2n) is 7.73. The maximum Gasteiger partial charge on any atom is 0.344 e. The van der Waals surface area contributed by atoms with Gasteiger partial charge in [0.15, 0.2) is 23.0 Å². The van der Waals surface area contributed by atoms with Gasteiger partial charge in [-0.15, -0.1) is 0 Å². The molecule has 2 aromatic rings. The summed E-state index contributed by atoms with van der Waals surface area (Å²) >= 11 is 0. The van der Waals surface area contributed by atoms with Crippen LogP contribution in [0.15, 0.2) is 30.3 Å². The molecule has 0 bridgehead atoms. The summed E-state index contributed by atoms with van der Waals surface area (Å²) in [6.07, 6.45) is -0.569. The second kappa shape index (κ2) is 8.19. The van der Waals surface area contributed by atoms with Crippen molar-refractivity contribution < 1.29 is 38.1 Å². The predicted octanol–water partition coefficient (Wildman–Crippen LogP) is 2.27. The Morgan fingerprint density at radius 1 is 1.06 bits per heavy atom. The highest BCUT2D eigenvalue weighted by atomic mass is 16.6. The minimum Gasteiger partial charge on any atom is -0.493 e. The molecule has 2 amide bonds. The van der Waals surface area contributed by atoms with E-state index in [-0.39, 0.29) is 29.5 Å². The SMILES string of the molecule is COc1ccc2c(c1OC)C(=O)O[C@H]2N1C(=O)CC[C@H]1C(=O)Nc1ccc2c(c1)OCCO2. The molecule has 3 aliphatic heterocycles. The number of carbonyl (C=O) groups is 3. The summed E-state index contributed by atoms with van der Waals surface area (Å²) < 4.78 is 27.2. The first-order valence-corrected chi connectivity index (χ1v) is 10.5. The molecule has 3 aliphatic rings. The maximum atomic E-state index is 13.2. The van der Waals surface area contributed by atoms with Crippen LogP contribution in [0.1, 0.15) is 35.0 Å². The Labute approximate surface area is 189 Å². The first-order chi connectivity index (χ1) is 16.0. The van der Waals surface area contributed by atoms with Gasteiger partial charge in [-0.05, 0) is 30.7 Å². The fraction of sp³-hybridized carbons (Fsp3) is 0.348. The smallest absolute Gasteiger partial charge is 0.344 e. The molecule has 1 saturated heterocycles. The number of carbonyl (C=O) groups excluding carboxylic acids is 3. The summed E-state index contributed by atoms with van der Waals surface area (Å²) in [5, 5.41) is 2.83. The predicted molar refractivity (Wildman–Crippen MR) is 114 cm³/mol. The number of benzene rings is 2. The van der Waals surface area contributed by atoms with Gasteiger partial charge >= 0.3 is 5.97 Å². The van der Waals surface area contributed by atoms with Gasteiger partial charge in [0.2, 0.25) is 18.0 Å². The first kappa shape index (κ1) is 20.9. The van der Waals surface area contributed by atoms with E-state index in [0.29, 0.717) is 48.1 Å². The number of nitrogens with zero attached hydrogens (tertiary/aromatic N) is 1. The first-order valence-electron chi connectivity index (χ1n) is 10.5. The van der Waals surface area contributed by atoms with Crippen LogP contribution >= 0.6 is 0 Å². The average Bonchev–Trinajstić information content (AvgIpc) is 3.37. The number of amides is 2. The third-order valence-corrected chi connectivity index (χ3v) is 5.89. The molecule has 33 heavy (non-hydrogen) atoms. The number of hydrogen-bond donors (Lipinski definition) is 1. The van der Waals surface area contributed by atoms with Crippen molar-refractivity contribution in [1.82, 2.24) is 4.90 Å². The Balaban J connectivity index is 1.42. The number of esters is 1. The Morgan fingerprint density at radius 3 is 2.61 bits per heavy atom. The minimum absolute atomic E-state index is 0.163. The molecule has 0 aromatic heterocycles. The van der Waals surface area contributed by atoms with Gasteiger partial charge in [-0.2, -0.15) is 0 Å². The van der Waals surface area contributed by atoms with Gasteiger partial charge in [0, 0.05) is 23.7 Å². The number of nitrogens with one attached hydrogen (secondary N) is 1. The van der Waals surface area contributed by atoms with Crippen LogP contribution in [0.25, 0.3) is 0 Å². The summed E-state index contributed by atoms with van der Waals surface area (Å²) in [6, 6.07) is 7.56. The fourth-order valence-electron chi connectivity index (χ4n) is 4.39. The van der Waals surface area contributed by atoms with Crippen LogP contribution in [0.2, 0.25) is 0 Å². The Kier molecular flexibility index (Phi) is 5.20. The quantitative estimate of drug-likeness (QED) is 0.685. The maximum absolute atomic E-state index is 13.2. The largest absolute Gasteiger partial charge is 0.493 e. The van der Waals surface area contributed by atoms with E-state index >= 15 is 0 Å². The van der Waals surface area contributed by atoms with Crippen LogP contribution in [-0.2, 0) is 14.3 Å². The van der Waals surface area contributed by atoms with E-state index < -0.39 is 18.2 Å². The van der Waals surface area contributed by atoms with Crippen molar-refractivity contribution in [3.63, 3.8) is 0 Å². The van der Waals surface area contributed by atoms with E-state index in [2.05, 4.69) is 5.32 Å². The van der Waals surface area contributed by atoms with Crippen molar-refractivity contribution in [3.05, 3.63) is 41.5 Å². The van der Waals surface area contributed by atoms with Gasteiger partial charge in [-0.25, -0.2) is 4.79 Å². The lowest BCUT2D eigenvalue weighted by Crippen LogP contribution is -2.43. The number of likely N-dealkylation sites (tertiary alicyclic amines) is 1. The highest BCUT2D eigenvalue weighted by Gasteiger charge is 2.47. The lowest BCUT2D eigenvalue weighted by Gasteiger charge is -2.29. The van der Waals surface area contributed by atoms with Crippen LogP contribution in [0.5, 0.6) is 23.0 Å². The molecule has 0 spiro atoms. The molecule has 2 aromatic carbocycles. The Bertz CT molecular complexity index is 1150. The van der Waals surface area contributed by atoms with E-state index in [9.17, 15) is 14.4 Å². The molecule has 3 heterocycles. The number of fused-ring (bicyclic) bond motifs is 2. The molecule has 0 aliphatic carbocycles. The standard InChI is InChI=1S/C23H22N2O8/c1-29-16-7-4-13-19(20(16)30-2)23(28)33-22(13)25-14(5-8-18(25)26)21(27)24-12-3-6-15-17(11-12)32-10-9-31-15/h3-4,6-7,11,14,22H,5,8-10H2,1-2H3,(H,24,27)/t14-,22+/m0/s1. The number of cyclic esters (lactones) is 1. The number of anilines is 1. The zero-order valence-electron chi connectivity index (χ0n) is 18.1. The van der Waals surface area contributed by atoms with Gasteiger partial charge < -0.3 is 29.0 Å². The van der Waals surface area contributed by atoms with Gasteiger partial charge in [0.1, 0.15) is 24.8 Å². The zero-order chi connectivity index (χ0) is 23.1. The van der Waals surface area contributed by atoms with Gasteiger partial charge in [-0.3, -0.25) is 14.5 Å². The topological polar surface area (TPSA) is 113 Å². The summed E-state index contributed by atoms with van der Waals surface area (Å²) in [7, 11) is 2.88. The van der Waals surface area contributed by atoms with Crippen molar-refractivity contribution in [2.45, 2.75) is 25.1 Å². The summed E-state index contributed by atoms with van der Waals surface area (Å²) in [5.74, 6) is 0.437. The monoisotopic (exact) mass is 454 g/mol. The van der Waals surface area contributed by atoms with Crippen LogP contribution in [0.4, 0.5) is 5.69 Å². The van der Waals surface area contributed by atoms with E-state index in [4.69, 9.17) is 23.7 Å². The van der Waals surface area contributed by atoms with Crippen LogP contribution in [0.3, 0.4) is 0 Å². The van der Waals surface area contributed by atoms with Crippen molar-refractivity contribution in [2.75, 3.05) is 32.8 Å². The summed E-state index contributed by atoms with van der Waals surface area (Å²) in [6.45, 7) is 0.895. The lowest BCUT2D eigenvalue weighted by molar-refractivity contribution is -0.144. The van der Waals surface area contributed by atoms with Crippen LogP contribution in [0, 0.1) is 0 Å². The number of ether oxygens (including phenoxy) is 5. The van der Waals surface area contributed by atoms with Gasteiger partial charge in [0.05, 0.1) is 14.2 Å². The molecule has 1 N–H and O–H groups in total. The summed E-state index contributed by atoms with van der Waals surface area (Å²) in [4.78, 5) is 39.9. The third kappa shape index (κ3) is 3.47. The zero-order valence-corrected chi connectivity index (χ0v) is 18.1. The number of rotatable bonds is 5. The average molecular weight is 454 g/mol. The molecule has 2 atom stereocenters. The van der Waals surface area contributed by atoms with E-state index in [1.54, 1.807) is 30.3 Å². The highest BCUT2D eigenvalue weighted by molar-refractivity contribution is 6.01. The van der Waals surface area contributed by atoms with Crippen molar-refractivity contribution in [2.24, 2.45) is 0 Å². The summed E-state index contributed by atoms with van der Waals surface area (Å²) in [5.41, 5.74) is 1.15. The Hall–Kier alpha value is -3.95. The molecule has 1 fully saturated rings. The van der Waals surface area contributed by atoms with Crippen molar-refractivity contribution in [1.29, 1.82) is 0 Å². The van der Waals surface area contributed by atoms with Crippen molar-refractivity contribution in [3.8, 4) is 23.0 Å². The molecule has 10 nitrogen and oxygen atoms in total. The van der Waals surface area contributed by atoms with Crippen LogP contribution < -0.4 is 24.3 Å². The van der Waals surface area contributed by atoms with E-state index in [1.165, 1.54) is 19.1 Å². The van der Waals surface area contributed by atoms with Gasteiger partial charge in [-0.1, -0.05) is 0 Å².